The highest BCUT2D eigenvalue weighted by molar-refractivity contribution is 7.99. The maximum atomic E-state index is 12.1. The summed E-state index contributed by atoms with van der Waals surface area (Å²) in [6.07, 6.45) is 0.554. The fourth-order valence-corrected chi connectivity index (χ4v) is 3.74. The van der Waals surface area contributed by atoms with Gasteiger partial charge in [0, 0.05) is 35.4 Å². The van der Waals surface area contributed by atoms with E-state index in [2.05, 4.69) is 23.6 Å². The molecule has 1 aliphatic rings. The van der Waals surface area contributed by atoms with Gasteiger partial charge in [-0.3, -0.25) is 4.79 Å². The largest absolute Gasteiger partial charge is 0.325 e. The van der Waals surface area contributed by atoms with E-state index in [1.165, 1.54) is 0 Å². The Balaban J connectivity index is 1.90. The van der Waals surface area contributed by atoms with E-state index in [-0.39, 0.29) is 5.91 Å². The molecule has 0 aromatic heterocycles. The molecular formula is C14H20N2OS2. The molecule has 3 nitrogen and oxygen atoms in total. The first-order chi connectivity index (χ1) is 9.29. The van der Waals surface area contributed by atoms with Crippen LogP contribution in [0, 0.1) is 0 Å². The summed E-state index contributed by atoms with van der Waals surface area (Å²) in [5, 5.41) is 6.42. The van der Waals surface area contributed by atoms with Crippen molar-refractivity contribution in [3.05, 3.63) is 24.3 Å². The third-order valence-corrected chi connectivity index (χ3v) is 4.98. The molecule has 1 saturated heterocycles. The molecule has 0 unspecified atom stereocenters. The minimum atomic E-state index is 0.101. The van der Waals surface area contributed by atoms with E-state index in [0.29, 0.717) is 12.5 Å². The number of para-hydroxylation sites is 1. The Morgan fingerprint density at radius 2 is 2.37 bits per heavy atom. The summed E-state index contributed by atoms with van der Waals surface area (Å²) in [5.41, 5.74) is 0.933. The van der Waals surface area contributed by atoms with Gasteiger partial charge < -0.3 is 10.6 Å². The van der Waals surface area contributed by atoms with Crippen molar-refractivity contribution in [3.63, 3.8) is 0 Å². The van der Waals surface area contributed by atoms with E-state index in [9.17, 15) is 4.79 Å². The van der Waals surface area contributed by atoms with Crippen molar-refractivity contribution in [2.45, 2.75) is 24.3 Å². The van der Waals surface area contributed by atoms with Crippen LogP contribution in [0.4, 0.5) is 5.69 Å². The van der Waals surface area contributed by atoms with Crippen molar-refractivity contribution in [1.82, 2.24) is 5.32 Å². The highest BCUT2D eigenvalue weighted by Crippen LogP contribution is 2.26. The average Bonchev–Trinajstić information content (AvgIpc) is 2.42. The van der Waals surface area contributed by atoms with E-state index in [1.54, 1.807) is 11.8 Å². The van der Waals surface area contributed by atoms with Crippen LogP contribution in [0.5, 0.6) is 0 Å². The van der Waals surface area contributed by atoms with Gasteiger partial charge in [-0.1, -0.05) is 19.1 Å². The predicted molar refractivity (Wildman–Crippen MR) is 85.2 cm³/mol. The van der Waals surface area contributed by atoms with Gasteiger partial charge in [-0.25, -0.2) is 0 Å². The highest BCUT2D eigenvalue weighted by Gasteiger charge is 2.17. The first kappa shape index (κ1) is 14.8. The Labute approximate surface area is 123 Å². The number of carbonyl (C=O) groups is 1. The number of rotatable bonds is 5. The maximum Gasteiger partial charge on any atom is 0.226 e. The summed E-state index contributed by atoms with van der Waals surface area (Å²) in [6, 6.07) is 8.30. The molecule has 0 aliphatic carbocycles. The quantitative estimate of drug-likeness (QED) is 0.820. The van der Waals surface area contributed by atoms with E-state index in [4.69, 9.17) is 0 Å². The highest BCUT2D eigenvalue weighted by atomic mass is 32.2. The van der Waals surface area contributed by atoms with Crippen molar-refractivity contribution in [2.75, 3.05) is 29.1 Å². The summed E-state index contributed by atoms with van der Waals surface area (Å²) < 4.78 is 0. The van der Waals surface area contributed by atoms with Crippen molar-refractivity contribution < 1.29 is 4.79 Å². The number of benzene rings is 1. The van der Waals surface area contributed by atoms with Crippen LogP contribution >= 0.6 is 23.5 Å². The van der Waals surface area contributed by atoms with Gasteiger partial charge in [-0.2, -0.15) is 11.8 Å². The van der Waals surface area contributed by atoms with Crippen LogP contribution < -0.4 is 10.6 Å². The number of nitrogens with one attached hydrogen (secondary N) is 2. The molecule has 1 aliphatic heterocycles. The van der Waals surface area contributed by atoms with Crippen LogP contribution in [0.25, 0.3) is 0 Å². The second-order valence-electron chi connectivity index (χ2n) is 4.41. The van der Waals surface area contributed by atoms with Gasteiger partial charge >= 0.3 is 0 Å². The molecule has 1 heterocycles. The van der Waals surface area contributed by atoms with Gasteiger partial charge in [0.15, 0.2) is 0 Å². The summed E-state index contributed by atoms with van der Waals surface area (Å²) in [5.74, 6) is 3.28. The zero-order valence-corrected chi connectivity index (χ0v) is 12.8. The monoisotopic (exact) mass is 296 g/mol. The SMILES string of the molecule is CCSc1ccccc1NC(=O)C[C@H]1CSCCN1. The standard InChI is InChI=1S/C14H20N2OS2/c1-2-19-13-6-4-3-5-12(13)16-14(17)9-11-10-18-8-7-15-11/h3-6,11,15H,2,7-10H2,1H3,(H,16,17)/t11-/m0/s1. The summed E-state index contributed by atoms with van der Waals surface area (Å²) in [4.78, 5) is 13.2. The van der Waals surface area contributed by atoms with Crippen LogP contribution in [-0.2, 0) is 4.79 Å². The Kier molecular flexibility index (Phi) is 6.07. The lowest BCUT2D eigenvalue weighted by Gasteiger charge is -2.22. The molecule has 104 valence electrons. The first-order valence-electron chi connectivity index (χ1n) is 6.62. The minimum Gasteiger partial charge on any atom is -0.325 e. The number of hydrogen-bond acceptors (Lipinski definition) is 4. The van der Waals surface area contributed by atoms with Crippen molar-refractivity contribution in [2.24, 2.45) is 0 Å². The van der Waals surface area contributed by atoms with Gasteiger partial charge in [0.25, 0.3) is 0 Å². The van der Waals surface area contributed by atoms with Crippen LogP contribution in [0.1, 0.15) is 13.3 Å². The zero-order chi connectivity index (χ0) is 13.5. The molecule has 2 rings (SSSR count). The maximum absolute atomic E-state index is 12.1. The normalized spacial score (nSPS) is 19.1. The lowest BCUT2D eigenvalue weighted by atomic mass is 10.2. The van der Waals surface area contributed by atoms with Gasteiger partial charge in [-0.05, 0) is 17.9 Å². The van der Waals surface area contributed by atoms with Crippen LogP contribution in [-0.4, -0.2) is 35.8 Å². The smallest absolute Gasteiger partial charge is 0.226 e. The number of anilines is 1. The lowest BCUT2D eigenvalue weighted by molar-refractivity contribution is -0.116. The number of carbonyl (C=O) groups excluding carboxylic acids is 1. The molecule has 19 heavy (non-hydrogen) atoms. The number of thioether (sulfide) groups is 2. The Morgan fingerprint density at radius 1 is 1.53 bits per heavy atom. The van der Waals surface area contributed by atoms with Crippen LogP contribution in [0.2, 0.25) is 0 Å². The molecule has 0 radical (unpaired) electrons. The molecule has 0 bridgehead atoms. The molecule has 0 spiro atoms. The predicted octanol–water partition coefficient (Wildman–Crippen LogP) is 2.83. The summed E-state index contributed by atoms with van der Waals surface area (Å²) >= 11 is 3.67. The minimum absolute atomic E-state index is 0.101. The van der Waals surface area contributed by atoms with Crippen molar-refractivity contribution >= 4 is 35.1 Å². The molecule has 0 saturated carbocycles. The van der Waals surface area contributed by atoms with E-state index < -0.39 is 0 Å². The average molecular weight is 296 g/mol. The molecular weight excluding hydrogens is 276 g/mol. The van der Waals surface area contributed by atoms with E-state index in [0.717, 1.165) is 34.4 Å². The third-order valence-electron chi connectivity index (χ3n) is 2.89. The fraction of sp³-hybridized carbons (Fsp3) is 0.500. The number of hydrogen-bond donors (Lipinski definition) is 2. The van der Waals surface area contributed by atoms with Gasteiger partial charge in [0.1, 0.15) is 0 Å². The molecule has 1 fully saturated rings. The second-order valence-corrected chi connectivity index (χ2v) is 6.86. The second kappa shape index (κ2) is 7.82. The van der Waals surface area contributed by atoms with Crippen LogP contribution in [0.15, 0.2) is 29.2 Å². The molecule has 1 aromatic rings. The van der Waals surface area contributed by atoms with E-state index >= 15 is 0 Å². The van der Waals surface area contributed by atoms with E-state index in [1.807, 2.05) is 30.0 Å². The van der Waals surface area contributed by atoms with Crippen molar-refractivity contribution in [3.8, 4) is 0 Å². The summed E-state index contributed by atoms with van der Waals surface area (Å²) in [6.45, 7) is 3.12. The molecule has 1 aromatic carbocycles. The molecule has 5 heteroatoms. The Morgan fingerprint density at radius 3 is 3.11 bits per heavy atom. The van der Waals surface area contributed by atoms with Gasteiger partial charge in [0.2, 0.25) is 5.91 Å². The summed E-state index contributed by atoms with van der Waals surface area (Å²) in [7, 11) is 0. The van der Waals surface area contributed by atoms with Gasteiger partial charge in [-0.15, -0.1) is 11.8 Å². The topological polar surface area (TPSA) is 41.1 Å². The zero-order valence-electron chi connectivity index (χ0n) is 11.1. The third kappa shape index (κ3) is 4.75. The Bertz CT molecular complexity index is 420. The number of amides is 1. The Hall–Kier alpha value is -0.650. The first-order valence-corrected chi connectivity index (χ1v) is 8.76. The molecule has 2 N–H and O–H groups in total. The molecule has 1 amide bonds. The fourth-order valence-electron chi connectivity index (χ4n) is 2.03. The van der Waals surface area contributed by atoms with Gasteiger partial charge in [0.05, 0.1) is 5.69 Å². The van der Waals surface area contributed by atoms with Crippen molar-refractivity contribution in [1.29, 1.82) is 0 Å². The molecule has 1 atom stereocenters. The lowest BCUT2D eigenvalue weighted by Crippen LogP contribution is -2.39. The van der Waals surface area contributed by atoms with Crippen LogP contribution in [0.3, 0.4) is 0 Å².